The van der Waals surface area contributed by atoms with E-state index in [0.29, 0.717) is 0 Å². The molecule has 0 heterocycles. The molecule has 1 nitrogen and oxygen atoms in total. The molecule has 0 radical (unpaired) electrons. The lowest BCUT2D eigenvalue weighted by Gasteiger charge is -2.23. The zero-order chi connectivity index (χ0) is 10.6. The number of hydrogen-bond acceptors (Lipinski definition) is 1. The van der Waals surface area contributed by atoms with E-state index in [4.69, 9.17) is 0 Å². The molecule has 0 unspecified atom stereocenters. The van der Waals surface area contributed by atoms with E-state index in [-0.39, 0.29) is 0 Å². The van der Waals surface area contributed by atoms with Gasteiger partial charge >= 0.3 is 0 Å². The fraction of sp³-hybridized carbons (Fsp3) is 0.500. The zero-order valence-corrected chi connectivity index (χ0v) is 10.9. The van der Waals surface area contributed by atoms with Crippen molar-refractivity contribution in [3.63, 3.8) is 0 Å². The van der Waals surface area contributed by atoms with Gasteiger partial charge in [0, 0.05) is 3.57 Å². The summed E-state index contributed by atoms with van der Waals surface area (Å²) in [5.74, 6) is 0. The van der Waals surface area contributed by atoms with Gasteiger partial charge in [0.15, 0.2) is 0 Å². The van der Waals surface area contributed by atoms with Crippen molar-refractivity contribution in [1.29, 1.82) is 0 Å². The van der Waals surface area contributed by atoms with E-state index in [0.717, 1.165) is 24.8 Å². The van der Waals surface area contributed by atoms with Gasteiger partial charge in [-0.2, -0.15) is 0 Å². The Morgan fingerprint density at radius 3 is 2.36 bits per heavy atom. The molecule has 0 amide bonds. The van der Waals surface area contributed by atoms with Crippen LogP contribution < -0.4 is 0 Å². The van der Waals surface area contributed by atoms with E-state index in [1.807, 2.05) is 31.2 Å². The van der Waals surface area contributed by atoms with Crippen LogP contribution in [0.5, 0.6) is 0 Å². The summed E-state index contributed by atoms with van der Waals surface area (Å²) >= 11 is 2.27. The van der Waals surface area contributed by atoms with Crippen LogP contribution in [0.3, 0.4) is 0 Å². The topological polar surface area (TPSA) is 20.2 Å². The fourth-order valence-electron chi connectivity index (χ4n) is 1.47. The van der Waals surface area contributed by atoms with Crippen molar-refractivity contribution >= 4 is 22.6 Å². The molecule has 0 spiro atoms. The van der Waals surface area contributed by atoms with Crippen LogP contribution in [0, 0.1) is 3.57 Å². The van der Waals surface area contributed by atoms with Crippen molar-refractivity contribution < 1.29 is 5.11 Å². The first kappa shape index (κ1) is 12.0. The van der Waals surface area contributed by atoms with Gasteiger partial charge in [-0.3, -0.25) is 0 Å². The molecule has 1 aromatic carbocycles. The molecule has 0 aromatic heterocycles. The van der Waals surface area contributed by atoms with Crippen LogP contribution in [0.15, 0.2) is 24.3 Å². The molecule has 0 aliphatic carbocycles. The van der Waals surface area contributed by atoms with Crippen LogP contribution in [0.25, 0.3) is 0 Å². The molecule has 1 aromatic rings. The summed E-state index contributed by atoms with van der Waals surface area (Å²) in [4.78, 5) is 0. The second-order valence-electron chi connectivity index (χ2n) is 3.88. The number of aliphatic hydroxyl groups is 1. The van der Waals surface area contributed by atoms with Crippen molar-refractivity contribution in [2.75, 3.05) is 0 Å². The third-order valence-electron chi connectivity index (χ3n) is 2.48. The lowest BCUT2D eigenvalue weighted by molar-refractivity contribution is 0.0453. The lowest BCUT2D eigenvalue weighted by Crippen LogP contribution is -2.20. The van der Waals surface area contributed by atoms with Gasteiger partial charge in [-0.05, 0) is 53.6 Å². The first-order valence-electron chi connectivity index (χ1n) is 5.04. The van der Waals surface area contributed by atoms with E-state index in [1.54, 1.807) is 0 Å². The van der Waals surface area contributed by atoms with Gasteiger partial charge in [-0.15, -0.1) is 0 Å². The molecular weight excluding hydrogens is 287 g/mol. The maximum atomic E-state index is 10.2. The number of hydrogen-bond donors (Lipinski definition) is 1. The average molecular weight is 304 g/mol. The largest absolute Gasteiger partial charge is 0.385 e. The fourth-order valence-corrected chi connectivity index (χ4v) is 1.83. The maximum Gasteiger partial charge on any atom is 0.0868 e. The Morgan fingerprint density at radius 1 is 1.29 bits per heavy atom. The van der Waals surface area contributed by atoms with Crippen LogP contribution in [0.2, 0.25) is 0 Å². The summed E-state index contributed by atoms with van der Waals surface area (Å²) < 4.78 is 1.21. The Balaban J connectivity index is 2.75. The minimum atomic E-state index is -0.666. The molecule has 78 valence electrons. The Morgan fingerprint density at radius 2 is 1.86 bits per heavy atom. The number of benzene rings is 1. The van der Waals surface area contributed by atoms with Crippen LogP contribution in [0.4, 0.5) is 0 Å². The standard InChI is InChI=1S/C12H17IO/c1-3-4-9-12(2,14)10-5-7-11(13)8-6-10/h5-8,14H,3-4,9H2,1-2H3/t12-/m1/s1. The van der Waals surface area contributed by atoms with Crippen molar-refractivity contribution in [3.8, 4) is 0 Å². The molecule has 0 aliphatic heterocycles. The molecule has 14 heavy (non-hydrogen) atoms. The molecule has 0 bridgehead atoms. The van der Waals surface area contributed by atoms with Gasteiger partial charge in [0.05, 0.1) is 5.60 Å². The van der Waals surface area contributed by atoms with Gasteiger partial charge in [0.1, 0.15) is 0 Å². The van der Waals surface area contributed by atoms with E-state index in [2.05, 4.69) is 29.5 Å². The van der Waals surface area contributed by atoms with Crippen LogP contribution in [-0.4, -0.2) is 5.11 Å². The van der Waals surface area contributed by atoms with Crippen molar-refractivity contribution in [3.05, 3.63) is 33.4 Å². The van der Waals surface area contributed by atoms with Gasteiger partial charge in [-0.1, -0.05) is 31.9 Å². The Kier molecular flexibility index (Phi) is 4.38. The summed E-state index contributed by atoms with van der Waals surface area (Å²) in [6, 6.07) is 8.10. The van der Waals surface area contributed by atoms with Crippen molar-refractivity contribution in [2.45, 2.75) is 38.7 Å². The number of unbranched alkanes of at least 4 members (excludes halogenated alkanes) is 1. The predicted molar refractivity (Wildman–Crippen MR) is 68.3 cm³/mol. The van der Waals surface area contributed by atoms with Gasteiger partial charge in [0.25, 0.3) is 0 Å². The first-order valence-corrected chi connectivity index (χ1v) is 6.12. The van der Waals surface area contributed by atoms with Gasteiger partial charge < -0.3 is 5.11 Å². The normalized spacial score (nSPS) is 15.1. The van der Waals surface area contributed by atoms with E-state index in [9.17, 15) is 5.11 Å². The summed E-state index contributed by atoms with van der Waals surface area (Å²) in [6.45, 7) is 4.04. The van der Waals surface area contributed by atoms with Crippen LogP contribution >= 0.6 is 22.6 Å². The first-order chi connectivity index (χ1) is 6.56. The second kappa shape index (κ2) is 5.12. The maximum absolute atomic E-state index is 10.2. The Bertz CT molecular complexity index is 277. The van der Waals surface area contributed by atoms with Crippen molar-refractivity contribution in [2.24, 2.45) is 0 Å². The highest BCUT2D eigenvalue weighted by molar-refractivity contribution is 14.1. The minimum Gasteiger partial charge on any atom is -0.385 e. The van der Waals surface area contributed by atoms with Crippen LogP contribution in [-0.2, 0) is 5.60 Å². The Labute approximate surface area is 99.7 Å². The SMILES string of the molecule is CCCC[C@@](C)(O)c1ccc(I)cc1. The monoisotopic (exact) mass is 304 g/mol. The highest BCUT2D eigenvalue weighted by Crippen LogP contribution is 2.26. The van der Waals surface area contributed by atoms with Gasteiger partial charge in [-0.25, -0.2) is 0 Å². The van der Waals surface area contributed by atoms with Crippen LogP contribution in [0.1, 0.15) is 38.7 Å². The molecule has 0 saturated carbocycles. The van der Waals surface area contributed by atoms with Gasteiger partial charge in [0.2, 0.25) is 0 Å². The predicted octanol–water partition coefficient (Wildman–Crippen LogP) is 3.69. The molecule has 1 rings (SSSR count). The summed E-state index contributed by atoms with van der Waals surface area (Å²) in [5, 5.41) is 10.2. The highest BCUT2D eigenvalue weighted by atomic mass is 127. The van der Waals surface area contributed by atoms with Crippen molar-refractivity contribution in [1.82, 2.24) is 0 Å². The molecule has 0 aliphatic rings. The number of halogens is 1. The molecule has 0 saturated heterocycles. The summed E-state index contributed by atoms with van der Waals surface area (Å²) in [5.41, 5.74) is 0.353. The molecular formula is C12H17IO. The average Bonchev–Trinajstić information content (AvgIpc) is 2.16. The third-order valence-corrected chi connectivity index (χ3v) is 3.20. The molecule has 2 heteroatoms. The van der Waals surface area contributed by atoms with E-state index in [1.165, 1.54) is 3.57 Å². The van der Waals surface area contributed by atoms with E-state index >= 15 is 0 Å². The molecule has 1 atom stereocenters. The number of rotatable bonds is 4. The third kappa shape index (κ3) is 3.24. The zero-order valence-electron chi connectivity index (χ0n) is 8.76. The summed E-state index contributed by atoms with van der Waals surface area (Å²) in [6.07, 6.45) is 3.03. The smallest absolute Gasteiger partial charge is 0.0868 e. The molecule has 1 N–H and O–H groups in total. The quantitative estimate of drug-likeness (QED) is 0.841. The van der Waals surface area contributed by atoms with E-state index < -0.39 is 5.60 Å². The highest BCUT2D eigenvalue weighted by Gasteiger charge is 2.21. The second-order valence-corrected chi connectivity index (χ2v) is 5.13. The lowest BCUT2D eigenvalue weighted by atomic mass is 9.91. The summed E-state index contributed by atoms with van der Waals surface area (Å²) in [7, 11) is 0. The minimum absolute atomic E-state index is 0.666. The molecule has 0 fully saturated rings. The Hall–Kier alpha value is -0.0900.